The van der Waals surface area contributed by atoms with Crippen LogP contribution in [-0.2, 0) is 12.8 Å². The van der Waals surface area contributed by atoms with Crippen LogP contribution in [0.15, 0.2) is 90.1 Å². The molecule has 1 aliphatic heterocycles. The zero-order valence-corrected chi connectivity index (χ0v) is 31.7. The lowest BCUT2D eigenvalue weighted by atomic mass is 9.84. The Morgan fingerprint density at radius 2 is 1.65 bits per heavy atom. The molecule has 2 N–H and O–H groups in total. The van der Waals surface area contributed by atoms with Gasteiger partial charge in [-0.1, -0.05) is 65.1 Å². The summed E-state index contributed by atoms with van der Waals surface area (Å²) in [5.41, 5.74) is 2.63. The van der Waals surface area contributed by atoms with E-state index in [0.717, 1.165) is 58.1 Å². The van der Waals surface area contributed by atoms with E-state index in [-0.39, 0.29) is 37.7 Å². The first-order valence-electron chi connectivity index (χ1n) is 17.3. The Labute approximate surface area is 306 Å². The molecule has 1 saturated heterocycles. The second-order valence-corrected chi connectivity index (χ2v) is 14.9. The maximum atomic E-state index is 15.8. The van der Waals surface area contributed by atoms with Crippen molar-refractivity contribution in [2.45, 2.75) is 78.4 Å². The number of likely N-dealkylation sites (N-methyl/N-ethyl adjacent to an activating group) is 1. The van der Waals surface area contributed by atoms with Crippen LogP contribution in [0.4, 0.5) is 26.3 Å². The molecule has 0 radical (unpaired) electrons. The molecule has 0 amide bonds. The van der Waals surface area contributed by atoms with E-state index in [2.05, 4.69) is 45.1 Å². The highest BCUT2D eigenvalue weighted by molar-refractivity contribution is 7.41. The molecule has 52 heavy (non-hydrogen) atoms. The predicted octanol–water partition coefficient (Wildman–Crippen LogP) is 9.66. The molecule has 2 atom stereocenters. The van der Waals surface area contributed by atoms with Crippen LogP contribution in [0.1, 0.15) is 70.1 Å². The Kier molecular flexibility index (Phi) is 15.9. The second kappa shape index (κ2) is 19.4. The largest absolute Gasteiger partial charge is 0.429 e. The Balaban J connectivity index is 2.10. The zero-order chi connectivity index (χ0) is 38.6. The standard InChI is InChI=1S/C39H51F6N6P/c1-9-27(24-29-18-17-28(33(41)34(29)42)16-15-23-51-21-13-12-14-22-51)36(37(38(5,6)7)50(8)47-11-3)52-49-31(10-2)35(48-26(4)39(43,44)45)30-19-20-32(40)46-25-30/h9-11,17-20,25,37,47,49,52H,1-3,12-16,21-24H2,4-8H3/b35-31+,36-27+,48-26?. The number of piperidine rings is 1. The Morgan fingerprint density at radius 1 is 1.00 bits per heavy atom. The summed E-state index contributed by atoms with van der Waals surface area (Å²) in [5, 5.41) is 5.73. The molecule has 3 rings (SSSR count). The third-order valence-corrected chi connectivity index (χ3v) is 10.1. The third kappa shape index (κ3) is 11.9. The van der Waals surface area contributed by atoms with Gasteiger partial charge in [-0.3, -0.25) is 0 Å². The molecule has 2 unspecified atom stereocenters. The highest BCUT2D eigenvalue weighted by Gasteiger charge is 2.35. The van der Waals surface area contributed by atoms with Gasteiger partial charge < -0.3 is 15.4 Å². The normalized spacial score (nSPS) is 16.4. The average Bonchev–Trinajstić information content (AvgIpc) is 3.09. The molecular weight excluding hydrogens is 697 g/mol. The highest BCUT2D eigenvalue weighted by atomic mass is 31.1. The second-order valence-electron chi connectivity index (χ2n) is 13.8. The number of alkyl halides is 3. The number of aliphatic imine (C=N–C) groups is 1. The van der Waals surface area contributed by atoms with Crippen molar-refractivity contribution in [1.29, 1.82) is 0 Å². The van der Waals surface area contributed by atoms with E-state index < -0.39 is 40.9 Å². The van der Waals surface area contributed by atoms with Crippen LogP contribution in [0.3, 0.4) is 0 Å². The molecule has 0 saturated carbocycles. The Bertz CT molecular complexity index is 1640. The average molecular weight is 749 g/mol. The summed E-state index contributed by atoms with van der Waals surface area (Å²) in [7, 11) is 1.46. The number of hydrazine groups is 1. The molecule has 0 aliphatic carbocycles. The van der Waals surface area contributed by atoms with Gasteiger partial charge in [0.1, 0.15) is 5.71 Å². The molecule has 0 spiro atoms. The molecule has 1 aromatic heterocycles. The van der Waals surface area contributed by atoms with Crippen molar-refractivity contribution in [3.8, 4) is 0 Å². The number of nitrogens with one attached hydrogen (secondary N) is 2. The van der Waals surface area contributed by atoms with Crippen molar-refractivity contribution in [1.82, 2.24) is 25.4 Å². The fourth-order valence-corrected chi connectivity index (χ4v) is 7.84. The summed E-state index contributed by atoms with van der Waals surface area (Å²) >= 11 is 0. The van der Waals surface area contributed by atoms with Gasteiger partial charge in [0.25, 0.3) is 0 Å². The smallest absolute Gasteiger partial charge is 0.361 e. The topological polar surface area (TPSA) is 55.8 Å². The van der Waals surface area contributed by atoms with Gasteiger partial charge in [0.15, 0.2) is 11.6 Å². The van der Waals surface area contributed by atoms with Crippen molar-refractivity contribution < 1.29 is 26.3 Å². The predicted molar refractivity (Wildman–Crippen MR) is 202 cm³/mol. The van der Waals surface area contributed by atoms with Gasteiger partial charge in [-0.25, -0.2) is 23.8 Å². The third-order valence-electron chi connectivity index (χ3n) is 8.84. The van der Waals surface area contributed by atoms with Gasteiger partial charge in [-0.2, -0.15) is 17.6 Å². The quantitative estimate of drug-likeness (QED) is 0.0422. The number of hydrogen-bond acceptors (Lipinski definition) is 6. The van der Waals surface area contributed by atoms with Gasteiger partial charge >= 0.3 is 6.18 Å². The Morgan fingerprint density at radius 3 is 2.21 bits per heavy atom. The van der Waals surface area contributed by atoms with Crippen molar-refractivity contribution in [3.63, 3.8) is 0 Å². The van der Waals surface area contributed by atoms with E-state index in [1.807, 2.05) is 25.8 Å². The van der Waals surface area contributed by atoms with E-state index in [9.17, 15) is 17.6 Å². The number of hydrogen-bond donors (Lipinski definition) is 2. The van der Waals surface area contributed by atoms with Crippen LogP contribution in [0.2, 0.25) is 0 Å². The molecule has 284 valence electrons. The lowest BCUT2D eigenvalue weighted by molar-refractivity contribution is -0.0591. The molecule has 2 heterocycles. The van der Waals surface area contributed by atoms with Gasteiger partial charge in [-0.05, 0) is 97.9 Å². The van der Waals surface area contributed by atoms with Crippen molar-refractivity contribution in [3.05, 3.63) is 119 Å². The van der Waals surface area contributed by atoms with E-state index in [4.69, 9.17) is 0 Å². The van der Waals surface area contributed by atoms with Crippen LogP contribution in [0.5, 0.6) is 0 Å². The number of aryl methyl sites for hydroxylation is 1. The van der Waals surface area contributed by atoms with Crippen LogP contribution in [0.25, 0.3) is 5.70 Å². The number of aromatic nitrogens is 1. The summed E-state index contributed by atoms with van der Waals surface area (Å²) in [6, 6.07) is 5.12. The van der Waals surface area contributed by atoms with Crippen molar-refractivity contribution in [2.75, 3.05) is 26.7 Å². The summed E-state index contributed by atoms with van der Waals surface area (Å²) in [6.45, 7) is 21.4. The number of benzene rings is 1. The van der Waals surface area contributed by atoms with Gasteiger partial charge in [0, 0.05) is 40.2 Å². The highest BCUT2D eigenvalue weighted by Crippen LogP contribution is 2.41. The fourth-order valence-electron chi connectivity index (χ4n) is 6.24. The van der Waals surface area contributed by atoms with Crippen LogP contribution < -0.4 is 10.5 Å². The number of likely N-dealkylation sites (tertiary alicyclic amines) is 1. The number of halogens is 6. The number of allylic oxidation sites excluding steroid dienone is 3. The van der Waals surface area contributed by atoms with Gasteiger partial charge in [-0.15, -0.1) is 0 Å². The molecular formula is C39H51F6N6P. The molecule has 1 fully saturated rings. The summed E-state index contributed by atoms with van der Waals surface area (Å²) in [4.78, 5) is 9.85. The minimum atomic E-state index is -4.73. The monoisotopic (exact) mass is 748 g/mol. The first-order valence-corrected chi connectivity index (χ1v) is 18.3. The van der Waals surface area contributed by atoms with Crippen LogP contribution >= 0.6 is 8.73 Å². The first-order chi connectivity index (χ1) is 24.5. The fraction of sp³-hybridized carbons (Fsp3) is 0.436. The lowest BCUT2D eigenvalue weighted by Gasteiger charge is -2.40. The molecule has 6 nitrogen and oxygen atoms in total. The molecule has 1 aromatic carbocycles. The summed E-state index contributed by atoms with van der Waals surface area (Å²) in [5.74, 6) is -2.60. The Hall–Kier alpha value is -3.73. The molecule has 0 bridgehead atoms. The number of pyridine rings is 1. The maximum absolute atomic E-state index is 15.8. The van der Waals surface area contributed by atoms with E-state index in [0.29, 0.717) is 22.9 Å². The van der Waals surface area contributed by atoms with Gasteiger partial charge in [0.2, 0.25) is 5.95 Å². The van der Waals surface area contributed by atoms with Gasteiger partial charge in [0.05, 0.1) is 17.4 Å². The molecule has 1 aliphatic rings. The minimum Gasteiger partial charge on any atom is -0.361 e. The van der Waals surface area contributed by atoms with Crippen LogP contribution in [-0.4, -0.2) is 59.5 Å². The number of rotatable bonds is 17. The zero-order valence-electron chi connectivity index (χ0n) is 30.7. The summed E-state index contributed by atoms with van der Waals surface area (Å²) < 4.78 is 86.1. The first kappa shape index (κ1) is 42.7. The molecule has 2 aromatic rings. The van der Waals surface area contributed by atoms with E-state index in [1.54, 1.807) is 25.3 Å². The SMILES string of the molecule is C=CNN(C)C(/C(PN/C(C=C)=C(/N=C(C)C(F)(F)F)c1ccc(F)nc1)=C(/C=C)Cc1ccc(CCCN2CCCCC2)c(F)c1F)C(C)(C)C. The van der Waals surface area contributed by atoms with Crippen molar-refractivity contribution in [2.24, 2.45) is 10.4 Å². The van der Waals surface area contributed by atoms with E-state index >= 15 is 8.78 Å². The van der Waals surface area contributed by atoms with E-state index in [1.165, 1.54) is 24.8 Å². The van der Waals surface area contributed by atoms with Crippen LogP contribution in [0, 0.1) is 23.0 Å². The minimum absolute atomic E-state index is 0.00789. The summed E-state index contributed by atoms with van der Waals surface area (Å²) in [6.07, 6.45) is 5.46. The lowest BCUT2D eigenvalue weighted by Crippen LogP contribution is -2.48. The number of nitrogens with zero attached hydrogens (tertiary/aromatic N) is 4. The maximum Gasteiger partial charge on any atom is 0.429 e. The molecule has 13 heteroatoms. The van der Waals surface area contributed by atoms with Crippen molar-refractivity contribution >= 4 is 20.1 Å².